The second-order valence-corrected chi connectivity index (χ2v) is 5.93. The van der Waals surface area contributed by atoms with Crippen LogP contribution in [0.4, 0.5) is 0 Å². The zero-order chi connectivity index (χ0) is 16.1. The van der Waals surface area contributed by atoms with E-state index in [1.807, 2.05) is 36.4 Å². The van der Waals surface area contributed by atoms with Gasteiger partial charge in [0.25, 0.3) is 0 Å². The van der Waals surface area contributed by atoms with E-state index in [1.165, 1.54) is 0 Å². The summed E-state index contributed by atoms with van der Waals surface area (Å²) in [5.41, 5.74) is 4.30. The molecule has 3 heteroatoms. The van der Waals surface area contributed by atoms with Gasteiger partial charge in [0, 0.05) is 22.7 Å². The molecule has 116 valence electrons. The minimum Gasteiger partial charge on any atom is -0.466 e. The van der Waals surface area contributed by atoms with Gasteiger partial charge >= 0.3 is 0 Å². The Labute approximate surface area is 144 Å². The van der Waals surface area contributed by atoms with Crippen molar-refractivity contribution in [2.45, 2.75) is 0 Å². The van der Waals surface area contributed by atoms with Crippen molar-refractivity contribution >= 4 is 15.9 Å². The number of halogens is 1. The molecule has 0 aliphatic rings. The van der Waals surface area contributed by atoms with E-state index in [4.69, 9.17) is 9.47 Å². The molecule has 0 fully saturated rings. The molecule has 0 spiro atoms. The minimum atomic E-state index is 0.210. The van der Waals surface area contributed by atoms with Crippen molar-refractivity contribution in [2.24, 2.45) is 0 Å². The van der Waals surface area contributed by atoms with Crippen LogP contribution < -0.4 is 4.74 Å². The predicted octanol–water partition coefficient (Wildman–Crippen LogP) is 5.77. The Hall–Kier alpha value is -2.10. The van der Waals surface area contributed by atoms with Crippen LogP contribution in [0, 0.1) is 0 Å². The van der Waals surface area contributed by atoms with Crippen molar-refractivity contribution in [3.8, 4) is 28.0 Å². The van der Waals surface area contributed by atoms with Gasteiger partial charge in [0.2, 0.25) is 0 Å². The van der Waals surface area contributed by atoms with Crippen LogP contribution in [0.1, 0.15) is 0 Å². The highest BCUT2D eigenvalue weighted by Crippen LogP contribution is 2.41. The van der Waals surface area contributed by atoms with E-state index >= 15 is 0 Å². The van der Waals surface area contributed by atoms with Crippen LogP contribution in [0.3, 0.4) is 0 Å². The number of rotatable bonds is 5. The Kier molecular flexibility index (Phi) is 5.11. The molecule has 2 nitrogen and oxygen atoms in total. The van der Waals surface area contributed by atoms with Crippen LogP contribution in [-0.4, -0.2) is 13.9 Å². The molecular formula is C20H17BrO2. The maximum atomic E-state index is 5.94. The van der Waals surface area contributed by atoms with Crippen LogP contribution in [0.15, 0.2) is 77.3 Å². The Morgan fingerprint density at radius 2 is 1.39 bits per heavy atom. The number of hydrogen-bond acceptors (Lipinski definition) is 2. The molecule has 0 bridgehead atoms. The standard InChI is InChI=1S/C20H17BrO2/c1-22-14-23-20-16(15-8-3-2-4-9-15)11-7-12-18(20)17-10-5-6-13-19(17)21/h2-13H,14H2,1H3. The van der Waals surface area contributed by atoms with Gasteiger partial charge in [-0.2, -0.15) is 0 Å². The molecule has 0 aromatic heterocycles. The summed E-state index contributed by atoms with van der Waals surface area (Å²) in [6, 6.07) is 24.6. The summed E-state index contributed by atoms with van der Waals surface area (Å²) in [6.45, 7) is 0.210. The van der Waals surface area contributed by atoms with E-state index in [9.17, 15) is 0 Å². The van der Waals surface area contributed by atoms with Crippen molar-refractivity contribution < 1.29 is 9.47 Å². The summed E-state index contributed by atoms with van der Waals surface area (Å²) >= 11 is 3.63. The first-order valence-electron chi connectivity index (χ1n) is 7.36. The highest BCUT2D eigenvalue weighted by atomic mass is 79.9. The third kappa shape index (κ3) is 3.46. The number of methoxy groups -OCH3 is 1. The molecular weight excluding hydrogens is 352 g/mol. The first kappa shape index (κ1) is 15.8. The lowest BCUT2D eigenvalue weighted by Crippen LogP contribution is -2.02. The molecule has 0 saturated heterocycles. The molecule has 3 aromatic rings. The smallest absolute Gasteiger partial charge is 0.188 e. The summed E-state index contributed by atoms with van der Waals surface area (Å²) in [6.07, 6.45) is 0. The summed E-state index contributed by atoms with van der Waals surface area (Å²) < 4.78 is 12.1. The zero-order valence-corrected chi connectivity index (χ0v) is 14.4. The van der Waals surface area contributed by atoms with Crippen molar-refractivity contribution in [3.63, 3.8) is 0 Å². The molecule has 0 aliphatic carbocycles. The minimum absolute atomic E-state index is 0.210. The van der Waals surface area contributed by atoms with Crippen LogP contribution in [0.2, 0.25) is 0 Å². The van der Waals surface area contributed by atoms with Crippen molar-refractivity contribution in [2.75, 3.05) is 13.9 Å². The lowest BCUT2D eigenvalue weighted by molar-refractivity contribution is 0.0519. The number of hydrogen-bond donors (Lipinski definition) is 0. The molecule has 0 aliphatic heterocycles. The van der Waals surface area contributed by atoms with Gasteiger partial charge in [0.1, 0.15) is 5.75 Å². The highest BCUT2D eigenvalue weighted by molar-refractivity contribution is 9.10. The molecule has 23 heavy (non-hydrogen) atoms. The Balaban J connectivity index is 2.18. The molecule has 0 amide bonds. The van der Waals surface area contributed by atoms with Gasteiger partial charge in [-0.25, -0.2) is 0 Å². The Morgan fingerprint density at radius 1 is 0.739 bits per heavy atom. The SMILES string of the molecule is COCOc1c(-c2ccccc2)cccc1-c1ccccc1Br. The van der Waals surface area contributed by atoms with Gasteiger partial charge in [0.15, 0.2) is 6.79 Å². The van der Waals surface area contributed by atoms with Gasteiger partial charge in [0.05, 0.1) is 0 Å². The third-order valence-electron chi connectivity index (χ3n) is 3.58. The van der Waals surface area contributed by atoms with Crippen LogP contribution in [0.5, 0.6) is 5.75 Å². The fourth-order valence-corrected chi connectivity index (χ4v) is 3.05. The zero-order valence-electron chi connectivity index (χ0n) is 12.8. The lowest BCUT2D eigenvalue weighted by atomic mass is 9.97. The van der Waals surface area contributed by atoms with E-state index in [0.29, 0.717) is 0 Å². The first-order chi connectivity index (χ1) is 11.3. The van der Waals surface area contributed by atoms with Crippen LogP contribution in [-0.2, 0) is 4.74 Å². The van der Waals surface area contributed by atoms with Gasteiger partial charge in [-0.05, 0) is 17.2 Å². The third-order valence-corrected chi connectivity index (χ3v) is 4.28. The van der Waals surface area contributed by atoms with E-state index in [0.717, 1.165) is 32.5 Å². The van der Waals surface area contributed by atoms with Crippen LogP contribution >= 0.6 is 15.9 Å². The second-order valence-electron chi connectivity index (χ2n) is 5.08. The highest BCUT2D eigenvalue weighted by Gasteiger charge is 2.14. The average molecular weight is 369 g/mol. The van der Waals surface area contributed by atoms with E-state index < -0.39 is 0 Å². The van der Waals surface area contributed by atoms with E-state index in [2.05, 4.69) is 52.3 Å². The largest absolute Gasteiger partial charge is 0.466 e. The number of ether oxygens (including phenoxy) is 2. The maximum absolute atomic E-state index is 5.94. The van der Waals surface area contributed by atoms with Gasteiger partial charge in [-0.1, -0.05) is 82.7 Å². The van der Waals surface area contributed by atoms with E-state index in [-0.39, 0.29) is 6.79 Å². The monoisotopic (exact) mass is 368 g/mol. The van der Waals surface area contributed by atoms with E-state index in [1.54, 1.807) is 7.11 Å². The molecule has 0 radical (unpaired) electrons. The Bertz CT molecular complexity index is 785. The predicted molar refractivity (Wildman–Crippen MR) is 97.5 cm³/mol. The first-order valence-corrected chi connectivity index (χ1v) is 8.15. The maximum Gasteiger partial charge on any atom is 0.188 e. The quantitative estimate of drug-likeness (QED) is 0.532. The molecule has 0 atom stereocenters. The molecule has 0 heterocycles. The number of benzene rings is 3. The summed E-state index contributed by atoms with van der Waals surface area (Å²) in [7, 11) is 1.63. The fraction of sp³-hybridized carbons (Fsp3) is 0.100. The summed E-state index contributed by atoms with van der Waals surface area (Å²) in [4.78, 5) is 0. The van der Waals surface area contributed by atoms with Gasteiger partial charge in [-0.15, -0.1) is 0 Å². The normalized spacial score (nSPS) is 10.5. The second kappa shape index (κ2) is 7.44. The van der Waals surface area contributed by atoms with Gasteiger partial charge < -0.3 is 9.47 Å². The molecule has 0 N–H and O–H groups in total. The average Bonchev–Trinajstić information content (AvgIpc) is 2.61. The Morgan fingerprint density at radius 3 is 2.13 bits per heavy atom. The summed E-state index contributed by atoms with van der Waals surface area (Å²) in [5.74, 6) is 0.826. The van der Waals surface area contributed by atoms with Crippen LogP contribution in [0.25, 0.3) is 22.3 Å². The molecule has 3 aromatic carbocycles. The fourth-order valence-electron chi connectivity index (χ4n) is 2.55. The lowest BCUT2D eigenvalue weighted by Gasteiger charge is -2.16. The topological polar surface area (TPSA) is 18.5 Å². The molecule has 0 unspecified atom stereocenters. The molecule has 0 saturated carbocycles. The van der Waals surface area contributed by atoms with Crippen molar-refractivity contribution in [1.29, 1.82) is 0 Å². The number of para-hydroxylation sites is 1. The van der Waals surface area contributed by atoms with Gasteiger partial charge in [-0.3, -0.25) is 0 Å². The van der Waals surface area contributed by atoms with Crippen molar-refractivity contribution in [1.82, 2.24) is 0 Å². The summed E-state index contributed by atoms with van der Waals surface area (Å²) in [5, 5.41) is 0. The molecule has 3 rings (SSSR count). The van der Waals surface area contributed by atoms with Crippen molar-refractivity contribution in [3.05, 3.63) is 77.3 Å².